The van der Waals surface area contributed by atoms with E-state index in [1.165, 1.54) is 11.5 Å². The molecule has 132 valence electrons. The van der Waals surface area contributed by atoms with Crippen molar-refractivity contribution in [1.29, 1.82) is 0 Å². The molecule has 0 aliphatic carbocycles. The molecule has 0 spiro atoms. The molecule has 0 radical (unpaired) electrons. The minimum absolute atomic E-state index is 0.136. The van der Waals surface area contributed by atoms with Gasteiger partial charge < -0.3 is 10.6 Å². The van der Waals surface area contributed by atoms with Gasteiger partial charge in [-0.25, -0.2) is 0 Å². The zero-order chi connectivity index (χ0) is 17.1. The predicted molar refractivity (Wildman–Crippen MR) is 101 cm³/mol. The number of para-hydroxylation sites is 1. The number of benzene rings is 1. The van der Waals surface area contributed by atoms with Crippen molar-refractivity contribution in [3.05, 3.63) is 46.8 Å². The van der Waals surface area contributed by atoms with E-state index in [0.717, 1.165) is 55.1 Å². The first-order valence-corrected chi connectivity index (χ1v) is 9.93. The van der Waals surface area contributed by atoms with Gasteiger partial charge in [-0.15, -0.1) is 0 Å². The van der Waals surface area contributed by atoms with Crippen molar-refractivity contribution in [2.24, 2.45) is 0 Å². The third kappa shape index (κ3) is 3.73. The summed E-state index contributed by atoms with van der Waals surface area (Å²) in [6, 6.07) is 8.07. The monoisotopic (exact) mass is 357 g/mol. The summed E-state index contributed by atoms with van der Waals surface area (Å²) in [6.45, 7) is 4.70. The summed E-state index contributed by atoms with van der Waals surface area (Å²) in [7, 11) is 0. The summed E-state index contributed by atoms with van der Waals surface area (Å²) < 4.78 is 0. The molecule has 3 N–H and O–H groups in total. The Balaban J connectivity index is 1.50. The zero-order valence-corrected chi connectivity index (χ0v) is 15.0. The Morgan fingerprint density at radius 2 is 2.12 bits per heavy atom. The lowest BCUT2D eigenvalue weighted by Gasteiger charge is -2.27. The average molecular weight is 357 g/mol. The van der Waals surface area contributed by atoms with Crippen LogP contribution in [0, 0.1) is 0 Å². The van der Waals surface area contributed by atoms with Crippen LogP contribution in [0.15, 0.2) is 24.3 Å². The Hall–Kier alpha value is -1.83. The molecule has 0 unspecified atom stereocenters. The van der Waals surface area contributed by atoms with Crippen molar-refractivity contribution in [1.82, 2.24) is 20.4 Å². The molecule has 1 aromatic carbocycles. The third-order valence-electron chi connectivity index (χ3n) is 4.78. The highest BCUT2D eigenvalue weighted by molar-refractivity contribution is 7.99. The van der Waals surface area contributed by atoms with Crippen LogP contribution in [0.25, 0.3) is 0 Å². The summed E-state index contributed by atoms with van der Waals surface area (Å²) in [5.74, 6) is 2.23. The maximum absolute atomic E-state index is 12.8. The first kappa shape index (κ1) is 16.6. The minimum atomic E-state index is -0.136. The van der Waals surface area contributed by atoms with Crippen LogP contribution in [0.2, 0.25) is 0 Å². The van der Waals surface area contributed by atoms with E-state index in [9.17, 15) is 4.79 Å². The number of fused-ring (bicyclic) bond motifs is 1. The van der Waals surface area contributed by atoms with E-state index in [1.54, 1.807) is 0 Å². The van der Waals surface area contributed by atoms with Crippen molar-refractivity contribution in [2.75, 3.05) is 36.5 Å². The Morgan fingerprint density at radius 1 is 1.28 bits per heavy atom. The highest BCUT2D eigenvalue weighted by Crippen LogP contribution is 2.22. The van der Waals surface area contributed by atoms with E-state index in [-0.39, 0.29) is 5.91 Å². The Bertz CT molecular complexity index is 754. The molecule has 2 aliphatic heterocycles. The van der Waals surface area contributed by atoms with E-state index in [4.69, 9.17) is 0 Å². The van der Waals surface area contributed by atoms with Gasteiger partial charge in [0, 0.05) is 67.6 Å². The van der Waals surface area contributed by atoms with Gasteiger partial charge in [0.2, 0.25) is 0 Å². The molecule has 0 atom stereocenters. The minimum Gasteiger partial charge on any atom is -0.320 e. The topological polar surface area (TPSA) is 73.0 Å². The maximum atomic E-state index is 12.8. The summed E-state index contributed by atoms with van der Waals surface area (Å²) in [5, 5.41) is 13.6. The zero-order valence-electron chi connectivity index (χ0n) is 14.2. The number of carbonyl (C=O) groups is 1. The van der Waals surface area contributed by atoms with E-state index < -0.39 is 0 Å². The summed E-state index contributed by atoms with van der Waals surface area (Å²) in [6.07, 6.45) is 0.888. The number of rotatable bonds is 4. The molecule has 2 aliphatic rings. The second-order valence-electron chi connectivity index (χ2n) is 6.46. The number of carbonyl (C=O) groups excluding carboxylic acids is 1. The van der Waals surface area contributed by atoms with E-state index in [1.807, 2.05) is 30.0 Å². The van der Waals surface area contributed by atoms with Crippen molar-refractivity contribution < 1.29 is 4.79 Å². The number of hydrogen-bond acceptors (Lipinski definition) is 5. The number of thioether (sulfide) groups is 1. The van der Waals surface area contributed by atoms with E-state index in [0.29, 0.717) is 12.2 Å². The van der Waals surface area contributed by atoms with Crippen LogP contribution in [-0.4, -0.2) is 52.1 Å². The van der Waals surface area contributed by atoms with Gasteiger partial charge in [-0.05, 0) is 11.6 Å². The number of aromatic nitrogens is 2. The molecular weight excluding hydrogens is 334 g/mol. The lowest BCUT2D eigenvalue weighted by atomic mass is 10.1. The molecule has 1 fully saturated rings. The Morgan fingerprint density at radius 3 is 3.00 bits per heavy atom. The van der Waals surface area contributed by atoms with Gasteiger partial charge in [-0.2, -0.15) is 16.9 Å². The number of hydrogen-bond donors (Lipinski definition) is 3. The van der Waals surface area contributed by atoms with Crippen molar-refractivity contribution in [3.8, 4) is 0 Å². The molecule has 0 saturated carbocycles. The fraction of sp³-hybridized carbons (Fsp3) is 0.444. The summed E-state index contributed by atoms with van der Waals surface area (Å²) in [4.78, 5) is 15.2. The second-order valence-corrected chi connectivity index (χ2v) is 7.68. The fourth-order valence-electron chi connectivity index (χ4n) is 3.37. The predicted octanol–water partition coefficient (Wildman–Crippen LogP) is 1.86. The van der Waals surface area contributed by atoms with Gasteiger partial charge in [-0.3, -0.25) is 14.8 Å². The number of H-pyrrole nitrogens is 1. The molecule has 4 rings (SSSR count). The van der Waals surface area contributed by atoms with Gasteiger partial charge >= 0.3 is 0 Å². The summed E-state index contributed by atoms with van der Waals surface area (Å²) >= 11 is 2.01. The van der Waals surface area contributed by atoms with Gasteiger partial charge in [0.25, 0.3) is 5.91 Å². The first-order valence-electron chi connectivity index (χ1n) is 8.77. The van der Waals surface area contributed by atoms with Crippen molar-refractivity contribution in [2.45, 2.75) is 19.5 Å². The molecule has 6 nitrogen and oxygen atoms in total. The maximum Gasteiger partial charge on any atom is 0.276 e. The number of anilines is 1. The molecule has 2 aromatic rings. The number of aromatic amines is 1. The van der Waals surface area contributed by atoms with Crippen molar-refractivity contribution >= 4 is 23.4 Å². The quantitative estimate of drug-likeness (QED) is 0.779. The molecule has 1 aromatic heterocycles. The molecule has 3 heterocycles. The van der Waals surface area contributed by atoms with Gasteiger partial charge in [0.05, 0.1) is 0 Å². The van der Waals surface area contributed by atoms with Gasteiger partial charge in [0.1, 0.15) is 0 Å². The molecule has 0 bridgehead atoms. The van der Waals surface area contributed by atoms with Crippen LogP contribution >= 0.6 is 11.8 Å². The molecule has 1 saturated heterocycles. The highest BCUT2D eigenvalue weighted by atomic mass is 32.2. The standard InChI is InChI=1S/C18H23N5OS/c24-18(17-14-11-19-6-5-16(14)21-22-17)20-15-4-2-1-3-13(15)12-23-7-9-25-10-8-23/h1-4,19H,5-12H2,(H,20,24)(H,21,22). The molecular formula is C18H23N5OS. The number of amides is 1. The van der Waals surface area contributed by atoms with E-state index >= 15 is 0 Å². The normalized spacial score (nSPS) is 17.9. The lowest BCUT2D eigenvalue weighted by molar-refractivity contribution is 0.102. The van der Waals surface area contributed by atoms with Gasteiger partial charge in [0.15, 0.2) is 5.69 Å². The van der Waals surface area contributed by atoms with Crippen LogP contribution < -0.4 is 10.6 Å². The molecule has 1 amide bonds. The Labute approximate surface area is 151 Å². The van der Waals surface area contributed by atoms with Crippen molar-refractivity contribution in [3.63, 3.8) is 0 Å². The van der Waals surface area contributed by atoms with E-state index in [2.05, 4.69) is 31.8 Å². The first-order chi connectivity index (χ1) is 12.3. The number of nitrogens with zero attached hydrogens (tertiary/aromatic N) is 2. The Kier molecular flexibility index (Phi) is 5.05. The van der Waals surface area contributed by atoms with Crippen LogP contribution in [0.4, 0.5) is 5.69 Å². The molecule has 7 heteroatoms. The number of nitrogens with one attached hydrogen (secondary N) is 3. The average Bonchev–Trinajstić information content (AvgIpc) is 3.08. The molecule has 25 heavy (non-hydrogen) atoms. The smallest absolute Gasteiger partial charge is 0.276 e. The third-order valence-corrected chi connectivity index (χ3v) is 5.73. The largest absolute Gasteiger partial charge is 0.320 e. The van der Waals surface area contributed by atoms with Crippen LogP contribution in [0.3, 0.4) is 0 Å². The SMILES string of the molecule is O=C(Nc1ccccc1CN1CCSCC1)c1n[nH]c2c1CNCC2. The van der Waals surface area contributed by atoms with Crippen LogP contribution in [0.1, 0.15) is 27.3 Å². The van der Waals surface area contributed by atoms with Gasteiger partial charge in [-0.1, -0.05) is 18.2 Å². The van der Waals surface area contributed by atoms with Crippen LogP contribution in [0.5, 0.6) is 0 Å². The van der Waals surface area contributed by atoms with Crippen LogP contribution in [-0.2, 0) is 19.5 Å². The second kappa shape index (κ2) is 7.59. The lowest BCUT2D eigenvalue weighted by Crippen LogP contribution is -2.32. The summed E-state index contributed by atoms with van der Waals surface area (Å²) in [5.41, 5.74) is 4.61. The highest BCUT2D eigenvalue weighted by Gasteiger charge is 2.22. The fourth-order valence-corrected chi connectivity index (χ4v) is 4.35.